The minimum Gasteiger partial charge on any atom is -0.382 e. The number of hydrogen-bond donors (Lipinski definition) is 2. The highest BCUT2D eigenvalue weighted by molar-refractivity contribution is 5.23. The molecule has 1 aromatic rings. The van der Waals surface area contributed by atoms with Gasteiger partial charge in [0.05, 0.1) is 12.7 Å². The van der Waals surface area contributed by atoms with E-state index in [1.165, 1.54) is 32.1 Å². The summed E-state index contributed by atoms with van der Waals surface area (Å²) in [6, 6.07) is 10.2. The van der Waals surface area contributed by atoms with Crippen molar-refractivity contribution in [1.29, 1.82) is 0 Å². The largest absolute Gasteiger partial charge is 0.382 e. The van der Waals surface area contributed by atoms with Crippen LogP contribution in [0.5, 0.6) is 0 Å². The Hall–Kier alpha value is -0.900. The summed E-state index contributed by atoms with van der Waals surface area (Å²) < 4.78 is 6.43. The van der Waals surface area contributed by atoms with Crippen molar-refractivity contribution < 1.29 is 9.84 Å². The molecule has 1 aliphatic carbocycles. The molecule has 0 radical (unpaired) electrons. The van der Waals surface area contributed by atoms with Gasteiger partial charge in [-0.25, -0.2) is 0 Å². The van der Waals surface area contributed by atoms with E-state index in [1.54, 1.807) is 0 Å². The zero-order chi connectivity index (χ0) is 17.5. The van der Waals surface area contributed by atoms with Crippen LogP contribution in [-0.4, -0.2) is 30.9 Å². The number of rotatable bonds is 7. The molecule has 2 atom stereocenters. The maximum atomic E-state index is 11.7. The van der Waals surface area contributed by atoms with E-state index in [2.05, 4.69) is 24.4 Å². The summed E-state index contributed by atoms with van der Waals surface area (Å²) in [5, 5.41) is 15.2. The Morgan fingerprint density at radius 3 is 2.40 bits per heavy atom. The summed E-state index contributed by atoms with van der Waals surface area (Å²) in [6.07, 6.45) is 9.64. The predicted octanol–water partition coefficient (Wildman–Crippen LogP) is 4.25. The van der Waals surface area contributed by atoms with Gasteiger partial charge in [-0.1, -0.05) is 56.5 Å². The molecule has 3 rings (SSSR count). The van der Waals surface area contributed by atoms with Gasteiger partial charge in [0.2, 0.25) is 0 Å². The molecule has 1 saturated carbocycles. The molecule has 2 fully saturated rings. The molecule has 1 heterocycles. The van der Waals surface area contributed by atoms with Crippen LogP contribution in [0.3, 0.4) is 0 Å². The Balaban J connectivity index is 1.72. The number of hydrogen-bond acceptors (Lipinski definition) is 3. The first-order valence-electron chi connectivity index (χ1n) is 10.3. The summed E-state index contributed by atoms with van der Waals surface area (Å²) in [5.74, 6) is 0.937. The van der Waals surface area contributed by atoms with Gasteiger partial charge in [0.15, 0.2) is 0 Å². The second kappa shape index (κ2) is 9.16. The van der Waals surface area contributed by atoms with Gasteiger partial charge in [0, 0.05) is 0 Å². The molecule has 3 heteroatoms. The van der Waals surface area contributed by atoms with Crippen LogP contribution in [0, 0.1) is 11.8 Å². The van der Waals surface area contributed by atoms with Gasteiger partial charge in [0.1, 0.15) is 5.60 Å². The molecule has 2 N–H and O–H groups in total. The standard InChI is InChI=1S/C22H35NO2/c1-2-21(18-13-15-23-16-14-18)25-17-22(24,19-9-5-3-6-10-19)20-11-7-4-8-12-20/h3,5-6,9-10,18,20-21,23-24H,2,4,7-8,11-17H2,1H3/t21?,22-/m1/s1. The number of aliphatic hydroxyl groups is 1. The molecule has 0 spiro atoms. The SMILES string of the molecule is CCC(OC[C@@](O)(c1ccccc1)C1CCCCC1)C1CCNCC1. The Bertz CT molecular complexity index is 494. The van der Waals surface area contributed by atoms with Crippen molar-refractivity contribution in [3.8, 4) is 0 Å². The van der Waals surface area contributed by atoms with E-state index < -0.39 is 5.60 Å². The molecule has 140 valence electrons. The Morgan fingerprint density at radius 1 is 1.08 bits per heavy atom. The maximum absolute atomic E-state index is 11.7. The monoisotopic (exact) mass is 345 g/mol. The molecule has 1 aliphatic heterocycles. The normalized spacial score (nSPS) is 23.9. The number of nitrogens with one attached hydrogen (secondary N) is 1. The van der Waals surface area contributed by atoms with Gasteiger partial charge in [-0.05, 0) is 62.6 Å². The quantitative estimate of drug-likeness (QED) is 0.776. The molecular formula is C22H35NO2. The summed E-state index contributed by atoms with van der Waals surface area (Å²) >= 11 is 0. The fourth-order valence-corrected chi connectivity index (χ4v) is 4.78. The average molecular weight is 346 g/mol. The maximum Gasteiger partial charge on any atom is 0.116 e. The van der Waals surface area contributed by atoms with Gasteiger partial charge in [-0.3, -0.25) is 0 Å². The molecule has 0 amide bonds. The summed E-state index contributed by atoms with van der Waals surface area (Å²) in [7, 11) is 0. The molecule has 3 nitrogen and oxygen atoms in total. The van der Waals surface area contributed by atoms with Crippen LogP contribution in [0.4, 0.5) is 0 Å². The van der Waals surface area contributed by atoms with Crippen LogP contribution in [0.2, 0.25) is 0 Å². The Kier molecular flexibility index (Phi) is 6.92. The Labute approximate surface area is 153 Å². The highest BCUT2D eigenvalue weighted by atomic mass is 16.5. The molecule has 1 aromatic carbocycles. The van der Waals surface area contributed by atoms with Crippen molar-refractivity contribution in [3.05, 3.63) is 35.9 Å². The van der Waals surface area contributed by atoms with E-state index in [4.69, 9.17) is 4.74 Å². The van der Waals surface area contributed by atoms with Crippen LogP contribution in [-0.2, 0) is 10.3 Å². The average Bonchev–Trinajstić information content (AvgIpc) is 2.70. The fraction of sp³-hybridized carbons (Fsp3) is 0.727. The molecule has 1 unspecified atom stereocenters. The van der Waals surface area contributed by atoms with Crippen molar-refractivity contribution in [2.75, 3.05) is 19.7 Å². The van der Waals surface area contributed by atoms with E-state index in [1.807, 2.05) is 18.2 Å². The lowest BCUT2D eigenvalue weighted by molar-refractivity contribution is -0.130. The number of piperidine rings is 1. The Morgan fingerprint density at radius 2 is 1.76 bits per heavy atom. The van der Waals surface area contributed by atoms with E-state index in [9.17, 15) is 5.11 Å². The summed E-state index contributed by atoms with van der Waals surface area (Å²) in [6.45, 7) is 4.84. The van der Waals surface area contributed by atoms with E-state index in [0.29, 0.717) is 18.4 Å². The third-order valence-corrected chi connectivity index (χ3v) is 6.38. The second-order valence-corrected chi connectivity index (χ2v) is 7.97. The first-order chi connectivity index (χ1) is 12.2. The fourth-order valence-electron chi connectivity index (χ4n) is 4.78. The molecular weight excluding hydrogens is 310 g/mol. The van der Waals surface area contributed by atoms with Crippen molar-refractivity contribution >= 4 is 0 Å². The minimum absolute atomic E-state index is 0.265. The zero-order valence-corrected chi connectivity index (χ0v) is 15.8. The van der Waals surface area contributed by atoms with Crippen molar-refractivity contribution in [3.63, 3.8) is 0 Å². The summed E-state index contributed by atoms with van der Waals surface area (Å²) in [4.78, 5) is 0. The van der Waals surface area contributed by atoms with Crippen LogP contribution in [0.1, 0.15) is 63.9 Å². The van der Waals surface area contributed by atoms with Gasteiger partial charge >= 0.3 is 0 Å². The molecule has 25 heavy (non-hydrogen) atoms. The summed E-state index contributed by atoms with van der Waals surface area (Å²) in [5.41, 5.74) is 0.184. The van der Waals surface area contributed by atoms with E-state index in [0.717, 1.165) is 37.9 Å². The number of ether oxygens (including phenoxy) is 1. The van der Waals surface area contributed by atoms with Crippen molar-refractivity contribution in [2.24, 2.45) is 11.8 Å². The van der Waals surface area contributed by atoms with Gasteiger partial charge in [-0.15, -0.1) is 0 Å². The van der Waals surface area contributed by atoms with Crippen LogP contribution in [0.25, 0.3) is 0 Å². The third kappa shape index (κ3) is 4.64. The van der Waals surface area contributed by atoms with Crippen LogP contribution >= 0.6 is 0 Å². The highest BCUT2D eigenvalue weighted by Gasteiger charge is 2.40. The van der Waals surface area contributed by atoms with Crippen molar-refractivity contribution in [2.45, 2.75) is 70.0 Å². The lowest BCUT2D eigenvalue weighted by Gasteiger charge is -2.40. The van der Waals surface area contributed by atoms with Gasteiger partial charge in [-0.2, -0.15) is 0 Å². The molecule has 1 saturated heterocycles. The molecule has 0 aromatic heterocycles. The van der Waals surface area contributed by atoms with Crippen molar-refractivity contribution in [1.82, 2.24) is 5.32 Å². The topological polar surface area (TPSA) is 41.5 Å². The number of benzene rings is 1. The highest BCUT2D eigenvalue weighted by Crippen LogP contribution is 2.40. The second-order valence-electron chi connectivity index (χ2n) is 7.97. The van der Waals surface area contributed by atoms with Gasteiger partial charge in [0.25, 0.3) is 0 Å². The first kappa shape index (κ1) is 18.9. The van der Waals surface area contributed by atoms with Crippen LogP contribution in [0.15, 0.2) is 30.3 Å². The van der Waals surface area contributed by atoms with Gasteiger partial charge < -0.3 is 15.2 Å². The lowest BCUT2D eigenvalue weighted by atomic mass is 9.73. The third-order valence-electron chi connectivity index (χ3n) is 6.38. The van der Waals surface area contributed by atoms with Crippen LogP contribution < -0.4 is 5.32 Å². The van der Waals surface area contributed by atoms with E-state index >= 15 is 0 Å². The first-order valence-corrected chi connectivity index (χ1v) is 10.3. The minimum atomic E-state index is -0.845. The molecule has 2 aliphatic rings. The smallest absolute Gasteiger partial charge is 0.116 e. The predicted molar refractivity (Wildman–Crippen MR) is 103 cm³/mol. The molecule has 0 bridgehead atoms. The lowest BCUT2D eigenvalue weighted by Crippen LogP contribution is -2.43. The van der Waals surface area contributed by atoms with E-state index in [-0.39, 0.29) is 6.10 Å². The zero-order valence-electron chi connectivity index (χ0n) is 15.8.